The van der Waals surface area contributed by atoms with Gasteiger partial charge in [0.25, 0.3) is 15.7 Å². The predicted octanol–water partition coefficient (Wildman–Crippen LogP) is 4.84. The second-order valence-electron chi connectivity index (χ2n) is 10.2. The summed E-state index contributed by atoms with van der Waals surface area (Å²) in [5.74, 6) is -0.114. The van der Waals surface area contributed by atoms with E-state index in [1.54, 1.807) is 12.2 Å². The summed E-state index contributed by atoms with van der Waals surface area (Å²) in [5, 5.41) is 11.4. The maximum Gasteiger partial charge on any atom is 0.289 e. The van der Waals surface area contributed by atoms with E-state index in [1.807, 2.05) is 13.1 Å². The second kappa shape index (κ2) is 9.13. The van der Waals surface area contributed by atoms with Gasteiger partial charge in [-0.25, -0.2) is 8.42 Å². The number of halogens is 1. The molecule has 0 aliphatic carbocycles. The lowest BCUT2D eigenvalue weighted by atomic mass is 9.83. The molecule has 1 aromatic rings. The fraction of sp³-hybridized carbons (Fsp3) is 0.591. The van der Waals surface area contributed by atoms with Gasteiger partial charge in [0.2, 0.25) is 0 Å². The van der Waals surface area contributed by atoms with Crippen molar-refractivity contribution >= 4 is 52.4 Å². The van der Waals surface area contributed by atoms with Crippen molar-refractivity contribution in [1.82, 2.24) is 4.31 Å². The molecule has 1 saturated heterocycles. The fourth-order valence-electron chi connectivity index (χ4n) is 4.33. The van der Waals surface area contributed by atoms with Gasteiger partial charge in [0.1, 0.15) is 6.10 Å². The van der Waals surface area contributed by atoms with Crippen LogP contribution in [0.2, 0.25) is 18.1 Å². The summed E-state index contributed by atoms with van der Waals surface area (Å²) in [7, 11) is -6.74. The number of alkyl halides is 1. The van der Waals surface area contributed by atoms with Crippen LogP contribution in [0.1, 0.15) is 40.0 Å². The third kappa shape index (κ3) is 4.58. The predicted molar refractivity (Wildman–Crippen MR) is 138 cm³/mol. The molecular formula is C22H31IN2O6SSi. The second-order valence-corrected chi connectivity index (χ2v) is 17.8. The van der Waals surface area contributed by atoms with E-state index in [9.17, 15) is 23.3 Å². The zero-order valence-electron chi connectivity index (χ0n) is 19.6. The number of rotatable bonds is 8. The lowest BCUT2D eigenvalue weighted by Crippen LogP contribution is -2.67. The molecule has 0 N–H and O–H groups in total. The summed E-state index contributed by atoms with van der Waals surface area (Å²) in [5.41, 5.74) is -1.68. The number of nitro benzene ring substituents is 1. The molecule has 3 unspecified atom stereocenters. The topological polar surface area (TPSA) is 107 Å². The van der Waals surface area contributed by atoms with Crippen molar-refractivity contribution in [2.45, 2.75) is 80.7 Å². The highest BCUT2D eigenvalue weighted by Gasteiger charge is 2.61. The van der Waals surface area contributed by atoms with E-state index in [0.717, 1.165) is 4.43 Å². The summed E-state index contributed by atoms with van der Waals surface area (Å²) < 4.78 is 36.7. The number of benzene rings is 1. The molecule has 2 aliphatic rings. The molecule has 182 valence electrons. The summed E-state index contributed by atoms with van der Waals surface area (Å²) in [6.45, 7) is 10.3. The molecule has 0 radical (unpaired) electrons. The van der Waals surface area contributed by atoms with Crippen molar-refractivity contribution in [3.63, 3.8) is 0 Å². The number of hydrogen-bond donors (Lipinski definition) is 0. The van der Waals surface area contributed by atoms with E-state index in [0.29, 0.717) is 12.8 Å². The molecule has 0 spiro atoms. The number of nitro groups is 1. The Balaban J connectivity index is 2.18. The normalized spacial score (nSPS) is 26.1. The summed E-state index contributed by atoms with van der Waals surface area (Å²) in [6.07, 6.45) is 3.67. The highest BCUT2D eigenvalue weighted by Crippen LogP contribution is 2.49. The van der Waals surface area contributed by atoms with Crippen LogP contribution >= 0.6 is 22.6 Å². The number of nitrogens with zero attached hydrogens (tertiary/aromatic N) is 2. The Morgan fingerprint density at radius 3 is 2.52 bits per heavy atom. The highest BCUT2D eigenvalue weighted by atomic mass is 127. The van der Waals surface area contributed by atoms with Gasteiger partial charge in [-0.05, 0) is 41.5 Å². The SMILES string of the molecule is CC(C)(C)[Si](C)(C)OC1C(=O)CC2C=CC1(CCCI)N2S(=O)(=O)c1ccccc1[N+](=O)[O-]. The minimum atomic E-state index is -4.30. The van der Waals surface area contributed by atoms with Gasteiger partial charge in [0.15, 0.2) is 19.0 Å². The number of Topliss-reactive ketones (excluding diaryl/α,β-unsaturated/α-hetero) is 1. The zero-order valence-corrected chi connectivity index (χ0v) is 23.6. The van der Waals surface area contributed by atoms with Gasteiger partial charge >= 0.3 is 0 Å². The van der Waals surface area contributed by atoms with E-state index < -0.39 is 46.6 Å². The van der Waals surface area contributed by atoms with Gasteiger partial charge < -0.3 is 4.43 Å². The number of carbonyl (C=O) groups excluding carboxylic acids is 1. The summed E-state index contributed by atoms with van der Waals surface area (Å²) >= 11 is 2.23. The highest BCUT2D eigenvalue weighted by molar-refractivity contribution is 14.1. The van der Waals surface area contributed by atoms with Crippen molar-refractivity contribution in [3.8, 4) is 0 Å². The van der Waals surface area contributed by atoms with Crippen LogP contribution in [0, 0.1) is 10.1 Å². The molecule has 3 atom stereocenters. The quantitative estimate of drug-likeness (QED) is 0.105. The maximum absolute atomic E-state index is 14.0. The molecule has 11 heteroatoms. The summed E-state index contributed by atoms with van der Waals surface area (Å²) in [4.78, 5) is 23.9. The van der Waals surface area contributed by atoms with Crippen LogP contribution in [-0.4, -0.2) is 53.9 Å². The van der Waals surface area contributed by atoms with Gasteiger partial charge in [0.05, 0.1) is 16.5 Å². The minimum absolute atomic E-state index is 0.0123. The van der Waals surface area contributed by atoms with Gasteiger partial charge in [-0.2, -0.15) is 4.31 Å². The lowest BCUT2D eigenvalue weighted by Gasteiger charge is -2.51. The molecule has 2 aliphatic heterocycles. The number of ketones is 1. The van der Waals surface area contributed by atoms with Gasteiger partial charge in [-0.3, -0.25) is 14.9 Å². The van der Waals surface area contributed by atoms with E-state index >= 15 is 0 Å². The van der Waals surface area contributed by atoms with Crippen LogP contribution in [0.5, 0.6) is 0 Å². The molecule has 1 fully saturated rings. The van der Waals surface area contributed by atoms with Crippen molar-refractivity contribution < 1.29 is 22.6 Å². The Kier molecular flexibility index (Phi) is 7.32. The number of hydrogen-bond acceptors (Lipinski definition) is 6. The number of fused-ring (bicyclic) bond motifs is 2. The van der Waals surface area contributed by atoms with E-state index in [1.165, 1.54) is 28.6 Å². The largest absolute Gasteiger partial charge is 0.405 e. The molecule has 0 aromatic heterocycles. The third-order valence-electron chi connectivity index (χ3n) is 7.00. The average molecular weight is 607 g/mol. The molecule has 0 amide bonds. The number of para-hydroxylation sites is 1. The van der Waals surface area contributed by atoms with E-state index in [2.05, 4.69) is 43.4 Å². The standard InChI is InChI=1S/C22H31IN2O6SSi/c1-21(2,3)33(4,5)31-20-18(26)15-16-11-13-22(20,12-8-14-23)24(16)32(29,30)19-10-7-6-9-17(19)25(27)28/h6-7,9-11,13,16,20H,8,12,14-15H2,1-5H3. The first-order valence-corrected chi connectivity index (χ1v) is 16.8. The van der Waals surface area contributed by atoms with Crippen LogP contribution in [0.25, 0.3) is 0 Å². The minimum Gasteiger partial charge on any atom is -0.405 e. The molecule has 0 saturated carbocycles. The van der Waals surface area contributed by atoms with Crippen LogP contribution in [-0.2, 0) is 19.2 Å². The Morgan fingerprint density at radius 2 is 1.94 bits per heavy atom. The van der Waals surface area contributed by atoms with Crippen molar-refractivity contribution in [3.05, 3.63) is 46.5 Å². The van der Waals surface area contributed by atoms with Gasteiger partial charge in [-0.1, -0.05) is 67.6 Å². The first-order chi connectivity index (χ1) is 15.2. The first-order valence-electron chi connectivity index (χ1n) is 10.9. The molecule has 3 rings (SSSR count). The number of carbonyl (C=O) groups is 1. The molecule has 1 aromatic carbocycles. The fourth-order valence-corrected chi connectivity index (χ4v) is 8.06. The molecule has 33 heavy (non-hydrogen) atoms. The van der Waals surface area contributed by atoms with Crippen LogP contribution < -0.4 is 0 Å². The van der Waals surface area contributed by atoms with Crippen molar-refractivity contribution in [2.24, 2.45) is 0 Å². The maximum atomic E-state index is 14.0. The Morgan fingerprint density at radius 1 is 1.30 bits per heavy atom. The molecular weight excluding hydrogens is 575 g/mol. The molecule has 2 bridgehead atoms. The van der Waals surface area contributed by atoms with Crippen LogP contribution in [0.4, 0.5) is 5.69 Å². The van der Waals surface area contributed by atoms with E-state index in [-0.39, 0.29) is 22.1 Å². The lowest BCUT2D eigenvalue weighted by molar-refractivity contribution is -0.387. The van der Waals surface area contributed by atoms with Crippen molar-refractivity contribution in [1.29, 1.82) is 0 Å². The molecule has 2 heterocycles. The van der Waals surface area contributed by atoms with Gasteiger partial charge in [0, 0.05) is 12.5 Å². The summed E-state index contributed by atoms with van der Waals surface area (Å²) in [6, 6.07) is 4.69. The monoisotopic (exact) mass is 606 g/mol. The third-order valence-corrected chi connectivity index (χ3v) is 14.2. The average Bonchev–Trinajstić information content (AvgIpc) is 3.03. The Labute approximate surface area is 210 Å². The van der Waals surface area contributed by atoms with E-state index in [4.69, 9.17) is 4.43 Å². The van der Waals surface area contributed by atoms with Crippen LogP contribution in [0.3, 0.4) is 0 Å². The smallest absolute Gasteiger partial charge is 0.289 e. The zero-order chi connectivity index (χ0) is 24.8. The first kappa shape index (κ1) is 26.5. The Bertz CT molecular complexity index is 1080. The van der Waals surface area contributed by atoms with Crippen molar-refractivity contribution in [2.75, 3.05) is 4.43 Å². The Hall–Kier alpha value is -1.15. The molecule has 8 nitrogen and oxygen atoms in total. The van der Waals surface area contributed by atoms with Gasteiger partial charge in [-0.15, -0.1) is 0 Å². The number of sulfonamides is 1. The van der Waals surface area contributed by atoms with Crippen LogP contribution in [0.15, 0.2) is 41.3 Å². The number of piperidine rings is 1.